The molecule has 8 heteroatoms. The van der Waals surface area contributed by atoms with Gasteiger partial charge in [0.15, 0.2) is 6.04 Å². The van der Waals surface area contributed by atoms with Gasteiger partial charge in [0.1, 0.15) is 0 Å². The number of thioether (sulfide) groups is 1. The van der Waals surface area contributed by atoms with E-state index >= 15 is 0 Å². The Balaban J connectivity index is 2.02. The Hall–Kier alpha value is -2.35. The lowest BCUT2D eigenvalue weighted by atomic mass is 10.1. The van der Waals surface area contributed by atoms with Crippen LogP contribution in [0.25, 0.3) is 0 Å². The molecule has 1 unspecified atom stereocenters. The van der Waals surface area contributed by atoms with Gasteiger partial charge >= 0.3 is 5.97 Å². The molecule has 0 spiro atoms. The standard InChI is InChI=1S/C14H16N4O3S/c1-8-12(9(2)18-17-8)13(14(20)21)16-10(19)7-22-11-5-3-4-6-15-11/h3-6,13H,7H2,1-2H3,(H,16,19)(H,17,18)(H,20,21). The molecule has 1 atom stereocenters. The molecule has 2 heterocycles. The molecule has 0 aliphatic rings. The van der Waals surface area contributed by atoms with Crippen molar-refractivity contribution in [3.8, 4) is 0 Å². The molecule has 0 fully saturated rings. The van der Waals surface area contributed by atoms with Crippen molar-refractivity contribution < 1.29 is 14.7 Å². The molecular weight excluding hydrogens is 304 g/mol. The highest BCUT2D eigenvalue weighted by Crippen LogP contribution is 2.20. The SMILES string of the molecule is Cc1n[nH]c(C)c1C(NC(=O)CSc1ccccn1)C(=O)O. The molecule has 0 radical (unpaired) electrons. The molecule has 22 heavy (non-hydrogen) atoms. The number of rotatable bonds is 6. The smallest absolute Gasteiger partial charge is 0.331 e. The summed E-state index contributed by atoms with van der Waals surface area (Å²) >= 11 is 1.25. The Bertz CT molecular complexity index is 652. The number of carbonyl (C=O) groups excluding carboxylic acids is 1. The molecular formula is C14H16N4O3S. The van der Waals surface area contributed by atoms with Crippen LogP contribution < -0.4 is 5.32 Å². The summed E-state index contributed by atoms with van der Waals surface area (Å²) in [4.78, 5) is 27.5. The molecule has 0 saturated heterocycles. The summed E-state index contributed by atoms with van der Waals surface area (Å²) in [5.74, 6) is -1.40. The number of aliphatic carboxylic acids is 1. The monoisotopic (exact) mass is 320 g/mol. The molecule has 3 N–H and O–H groups in total. The summed E-state index contributed by atoms with van der Waals surface area (Å²) in [6.45, 7) is 3.42. The number of H-pyrrole nitrogens is 1. The van der Waals surface area contributed by atoms with Crippen LogP contribution in [0.15, 0.2) is 29.4 Å². The molecule has 1 amide bonds. The van der Waals surface area contributed by atoms with Crippen molar-refractivity contribution >= 4 is 23.6 Å². The van der Waals surface area contributed by atoms with Crippen LogP contribution >= 0.6 is 11.8 Å². The van der Waals surface area contributed by atoms with E-state index < -0.39 is 12.0 Å². The van der Waals surface area contributed by atoms with Gasteiger partial charge in [0.25, 0.3) is 0 Å². The van der Waals surface area contributed by atoms with E-state index in [0.29, 0.717) is 22.0 Å². The second-order valence-corrected chi connectivity index (χ2v) is 5.64. The van der Waals surface area contributed by atoms with Crippen molar-refractivity contribution in [3.63, 3.8) is 0 Å². The first-order valence-corrected chi connectivity index (χ1v) is 7.55. The minimum Gasteiger partial charge on any atom is -0.479 e. The topological polar surface area (TPSA) is 108 Å². The first kappa shape index (κ1) is 16.0. The first-order chi connectivity index (χ1) is 10.5. The zero-order valence-electron chi connectivity index (χ0n) is 12.2. The fourth-order valence-electron chi connectivity index (χ4n) is 2.02. The predicted molar refractivity (Wildman–Crippen MR) is 81.5 cm³/mol. The molecule has 7 nitrogen and oxygen atoms in total. The highest BCUT2D eigenvalue weighted by Gasteiger charge is 2.27. The quantitative estimate of drug-likeness (QED) is 0.695. The average Bonchev–Trinajstić information content (AvgIpc) is 2.83. The number of carboxylic acids is 1. The number of nitrogens with zero attached hydrogens (tertiary/aromatic N) is 2. The number of carboxylic acid groups (broad SMARTS) is 1. The fraction of sp³-hybridized carbons (Fsp3) is 0.286. The van der Waals surface area contributed by atoms with Gasteiger partial charge in [0.2, 0.25) is 5.91 Å². The van der Waals surface area contributed by atoms with Crippen molar-refractivity contribution in [2.24, 2.45) is 0 Å². The van der Waals surface area contributed by atoms with E-state index in [1.165, 1.54) is 11.8 Å². The van der Waals surface area contributed by atoms with Crippen molar-refractivity contribution in [2.75, 3.05) is 5.75 Å². The molecule has 0 aliphatic carbocycles. The van der Waals surface area contributed by atoms with Crippen molar-refractivity contribution in [2.45, 2.75) is 24.9 Å². The minimum absolute atomic E-state index is 0.0940. The summed E-state index contributed by atoms with van der Waals surface area (Å²) < 4.78 is 0. The Morgan fingerprint density at radius 3 is 2.73 bits per heavy atom. The van der Waals surface area contributed by atoms with Gasteiger partial charge < -0.3 is 10.4 Å². The number of hydrogen-bond acceptors (Lipinski definition) is 5. The van der Waals surface area contributed by atoms with E-state index in [1.54, 1.807) is 32.2 Å². The number of hydrogen-bond donors (Lipinski definition) is 3. The second kappa shape index (κ2) is 7.08. The lowest BCUT2D eigenvalue weighted by Crippen LogP contribution is -2.35. The highest BCUT2D eigenvalue weighted by molar-refractivity contribution is 7.99. The van der Waals surface area contributed by atoms with Gasteiger partial charge in [-0.05, 0) is 26.0 Å². The Morgan fingerprint density at radius 1 is 1.41 bits per heavy atom. The number of carbonyl (C=O) groups is 2. The maximum atomic E-state index is 12.0. The lowest BCUT2D eigenvalue weighted by molar-refractivity contribution is -0.141. The zero-order chi connectivity index (χ0) is 16.1. The van der Waals surface area contributed by atoms with Gasteiger partial charge in [0.05, 0.1) is 16.5 Å². The van der Waals surface area contributed by atoms with E-state index in [-0.39, 0.29) is 11.7 Å². The zero-order valence-corrected chi connectivity index (χ0v) is 13.0. The highest BCUT2D eigenvalue weighted by atomic mass is 32.2. The number of pyridine rings is 1. The molecule has 2 rings (SSSR count). The van der Waals surface area contributed by atoms with Crippen LogP contribution in [0.3, 0.4) is 0 Å². The van der Waals surface area contributed by atoms with Gasteiger partial charge in [0, 0.05) is 17.5 Å². The minimum atomic E-state index is -1.12. The largest absolute Gasteiger partial charge is 0.479 e. The van der Waals surface area contributed by atoms with E-state index in [0.717, 1.165) is 0 Å². The predicted octanol–water partition coefficient (Wildman–Crippen LogP) is 1.46. The van der Waals surface area contributed by atoms with Gasteiger partial charge in [-0.25, -0.2) is 9.78 Å². The fourth-order valence-corrected chi connectivity index (χ4v) is 2.69. The maximum absolute atomic E-state index is 12.0. The molecule has 2 aromatic rings. The average molecular weight is 320 g/mol. The van der Waals surface area contributed by atoms with Crippen LogP contribution in [0, 0.1) is 13.8 Å². The number of nitrogens with one attached hydrogen (secondary N) is 2. The van der Waals surface area contributed by atoms with Crippen LogP contribution in [-0.4, -0.2) is 37.9 Å². The number of aromatic nitrogens is 3. The summed E-state index contributed by atoms with van der Waals surface area (Å²) in [6, 6.07) is 4.29. The van der Waals surface area contributed by atoms with E-state index in [1.807, 2.05) is 6.07 Å². The van der Waals surface area contributed by atoms with Gasteiger partial charge in [-0.1, -0.05) is 17.8 Å². The van der Waals surface area contributed by atoms with Crippen LogP contribution in [-0.2, 0) is 9.59 Å². The van der Waals surface area contributed by atoms with Crippen LogP contribution in [0.1, 0.15) is 23.0 Å². The van der Waals surface area contributed by atoms with E-state index in [4.69, 9.17) is 0 Å². The molecule has 0 aliphatic heterocycles. The molecule has 116 valence electrons. The summed E-state index contributed by atoms with van der Waals surface area (Å²) in [7, 11) is 0. The maximum Gasteiger partial charge on any atom is 0.331 e. The Morgan fingerprint density at radius 2 is 2.18 bits per heavy atom. The number of amides is 1. The number of aromatic amines is 1. The molecule has 0 aromatic carbocycles. The third kappa shape index (κ3) is 3.85. The van der Waals surface area contributed by atoms with E-state index in [9.17, 15) is 14.7 Å². The van der Waals surface area contributed by atoms with Crippen molar-refractivity contribution in [1.29, 1.82) is 0 Å². The Labute approximate surface area is 131 Å². The van der Waals surface area contributed by atoms with Crippen LogP contribution in [0.2, 0.25) is 0 Å². The molecule has 0 bridgehead atoms. The van der Waals surface area contributed by atoms with E-state index in [2.05, 4.69) is 20.5 Å². The Kier molecular flexibility index (Phi) is 5.16. The lowest BCUT2D eigenvalue weighted by Gasteiger charge is -2.15. The third-order valence-corrected chi connectivity index (χ3v) is 3.96. The second-order valence-electron chi connectivity index (χ2n) is 4.64. The normalized spacial score (nSPS) is 11.9. The number of aryl methyl sites for hydroxylation is 2. The van der Waals surface area contributed by atoms with Crippen molar-refractivity contribution in [1.82, 2.24) is 20.5 Å². The van der Waals surface area contributed by atoms with Gasteiger partial charge in [-0.2, -0.15) is 5.10 Å². The molecule has 0 saturated carbocycles. The van der Waals surface area contributed by atoms with Crippen LogP contribution in [0.4, 0.5) is 0 Å². The summed E-state index contributed by atoms with van der Waals surface area (Å²) in [5, 5.41) is 19.3. The van der Waals surface area contributed by atoms with Crippen LogP contribution in [0.5, 0.6) is 0 Å². The third-order valence-electron chi connectivity index (χ3n) is 3.01. The summed E-state index contributed by atoms with van der Waals surface area (Å²) in [5.41, 5.74) is 1.67. The van der Waals surface area contributed by atoms with Crippen molar-refractivity contribution in [3.05, 3.63) is 41.3 Å². The first-order valence-electron chi connectivity index (χ1n) is 6.56. The molecule has 2 aromatic heterocycles. The summed E-state index contributed by atoms with van der Waals surface area (Å²) in [6.07, 6.45) is 1.64. The van der Waals surface area contributed by atoms with Gasteiger partial charge in [-0.3, -0.25) is 9.89 Å². The van der Waals surface area contributed by atoms with Gasteiger partial charge in [-0.15, -0.1) is 0 Å².